The van der Waals surface area contributed by atoms with Crippen molar-refractivity contribution in [3.8, 4) is 0 Å². The van der Waals surface area contributed by atoms with Crippen molar-refractivity contribution in [3.63, 3.8) is 0 Å². The maximum Gasteiger partial charge on any atom is 0.197 e. The minimum Gasteiger partial charge on any atom is -0.733 e. The summed E-state index contributed by atoms with van der Waals surface area (Å²) in [4.78, 5) is 17.2. The lowest BCUT2D eigenvalue weighted by Crippen LogP contribution is -2.56. The minimum absolute atomic E-state index is 0.0421. The first kappa shape index (κ1) is 15.0. The van der Waals surface area contributed by atoms with Crippen LogP contribution in [-0.4, -0.2) is 21.5 Å². The van der Waals surface area contributed by atoms with Crippen LogP contribution in [0.1, 0.15) is 11.6 Å². The van der Waals surface area contributed by atoms with Crippen LogP contribution in [0.25, 0.3) is 10.9 Å². The Labute approximate surface area is 142 Å². The molecule has 0 aliphatic carbocycles. The molecule has 0 radical (unpaired) electrons. The summed E-state index contributed by atoms with van der Waals surface area (Å²) in [6.07, 6.45) is 1.78. The van der Waals surface area contributed by atoms with Crippen molar-refractivity contribution in [1.82, 2.24) is 4.98 Å². The highest BCUT2D eigenvalue weighted by Gasteiger charge is 2.49. The van der Waals surface area contributed by atoms with Crippen LogP contribution in [0.4, 0.5) is 11.4 Å². The van der Waals surface area contributed by atoms with Gasteiger partial charge in [0.25, 0.3) is 0 Å². The highest BCUT2D eigenvalue weighted by Crippen LogP contribution is 2.46. The number of alkyl halides is 1. The van der Waals surface area contributed by atoms with Gasteiger partial charge in [-0.15, -0.1) is 0 Å². The van der Waals surface area contributed by atoms with Crippen molar-refractivity contribution in [2.24, 2.45) is 0 Å². The minimum atomic E-state index is -0.884. The third-order valence-corrected chi connectivity index (χ3v) is 4.73. The maximum absolute atomic E-state index is 12.4. The molecule has 1 aromatic heterocycles. The second kappa shape index (κ2) is 5.52. The fourth-order valence-corrected chi connectivity index (χ4v) is 3.52. The van der Waals surface area contributed by atoms with Crippen LogP contribution < -0.4 is 10.1 Å². The first-order valence-corrected chi connectivity index (χ1v) is 7.80. The molecule has 0 saturated carbocycles. The Morgan fingerprint density at radius 3 is 2.67 bits per heavy atom. The molecule has 1 aliphatic heterocycles. The van der Waals surface area contributed by atoms with Crippen LogP contribution >= 0.6 is 11.6 Å². The van der Waals surface area contributed by atoms with Crippen molar-refractivity contribution >= 4 is 39.7 Å². The number of H-pyrrole nitrogens is 1. The number of ketones is 1. The predicted molar refractivity (Wildman–Crippen MR) is 92.2 cm³/mol. The van der Waals surface area contributed by atoms with Gasteiger partial charge < -0.3 is 20.3 Å². The number of aromatic amines is 1. The zero-order valence-corrected chi connectivity index (χ0v) is 13.1. The number of nitrogens with zero attached hydrogens (tertiary/aromatic N) is 2. The van der Waals surface area contributed by atoms with Gasteiger partial charge in [0.2, 0.25) is 0 Å². The van der Waals surface area contributed by atoms with Gasteiger partial charge in [-0.25, -0.2) is 0 Å². The van der Waals surface area contributed by atoms with Gasteiger partial charge >= 0.3 is 0 Å². The zero-order valence-electron chi connectivity index (χ0n) is 12.4. The van der Waals surface area contributed by atoms with Gasteiger partial charge in [0.15, 0.2) is 11.3 Å². The third-order valence-electron chi connectivity index (χ3n) is 4.31. The molecule has 2 heterocycles. The summed E-state index contributed by atoms with van der Waals surface area (Å²) in [6, 6.07) is 13.5. The molecule has 0 bridgehead atoms. The predicted octanol–water partition coefficient (Wildman–Crippen LogP) is 3.56. The smallest absolute Gasteiger partial charge is 0.197 e. The molecule has 1 saturated heterocycles. The van der Waals surface area contributed by atoms with Crippen LogP contribution in [0.5, 0.6) is 0 Å². The summed E-state index contributed by atoms with van der Waals surface area (Å²) < 4.78 is 0. The SMILES string of the molecule is O=C1C(Cl)N(c2ccccc2N([O-])O)C1c1c[nH]c2ccccc12. The van der Waals surface area contributed by atoms with E-state index in [0.29, 0.717) is 5.69 Å². The van der Waals surface area contributed by atoms with E-state index in [1.54, 1.807) is 29.3 Å². The van der Waals surface area contributed by atoms with Crippen LogP contribution in [-0.2, 0) is 4.79 Å². The highest BCUT2D eigenvalue weighted by atomic mass is 35.5. The Balaban J connectivity index is 1.83. The van der Waals surface area contributed by atoms with Gasteiger partial charge in [0.1, 0.15) is 6.04 Å². The highest BCUT2D eigenvalue weighted by molar-refractivity contribution is 6.37. The Hall–Kier alpha value is -2.54. The largest absolute Gasteiger partial charge is 0.733 e. The molecule has 1 fully saturated rings. The number of Topliss-reactive ketones (excluding diaryl/α,β-unsaturated/α-hetero) is 1. The second-order valence-corrected chi connectivity index (χ2v) is 6.01. The average Bonchev–Trinajstić information content (AvgIpc) is 3.02. The number of nitrogens with one attached hydrogen (secondary N) is 1. The Kier molecular flexibility index (Phi) is 3.45. The normalized spacial score (nSPS) is 20.3. The van der Waals surface area contributed by atoms with Gasteiger partial charge in [0, 0.05) is 22.7 Å². The number of rotatable bonds is 3. The van der Waals surface area contributed by atoms with Gasteiger partial charge in [-0.2, -0.15) is 0 Å². The summed E-state index contributed by atoms with van der Waals surface area (Å²) in [6.45, 7) is 0. The third kappa shape index (κ3) is 2.08. The molecule has 3 aromatic rings. The fourth-order valence-electron chi connectivity index (χ4n) is 3.18. The molecule has 4 rings (SSSR count). The number of hydrogen-bond acceptors (Lipinski definition) is 5. The van der Waals surface area contributed by atoms with Crippen LogP contribution in [0.2, 0.25) is 0 Å². The van der Waals surface area contributed by atoms with Gasteiger partial charge in [-0.3, -0.25) is 10.0 Å². The van der Waals surface area contributed by atoms with E-state index in [1.807, 2.05) is 24.3 Å². The molecular formula is C17H13ClN3O3-. The Morgan fingerprint density at radius 2 is 1.88 bits per heavy atom. The molecule has 122 valence electrons. The first-order valence-electron chi connectivity index (χ1n) is 7.37. The van der Waals surface area contributed by atoms with Crippen molar-refractivity contribution in [2.45, 2.75) is 11.5 Å². The lowest BCUT2D eigenvalue weighted by molar-refractivity contribution is -0.124. The zero-order chi connectivity index (χ0) is 16.8. The summed E-state index contributed by atoms with van der Waals surface area (Å²) in [5.74, 6) is -0.147. The molecule has 1 aliphatic rings. The number of anilines is 2. The first-order chi connectivity index (χ1) is 11.6. The standard InChI is InChI=1S/C17H13ClN3O3/c18-17-16(22)15(11-9-19-12-6-2-1-5-10(11)12)20(17)13-7-3-4-8-14(13)21(23)24/h1-9,15,17,19,23H/q-1. The average molecular weight is 343 g/mol. The number of carbonyl (C=O) groups is 1. The van der Waals surface area contributed by atoms with Gasteiger partial charge in [-0.1, -0.05) is 41.9 Å². The Morgan fingerprint density at radius 1 is 1.17 bits per heavy atom. The summed E-state index contributed by atoms with van der Waals surface area (Å²) >= 11 is 6.20. The number of hydrogen-bond donors (Lipinski definition) is 2. The molecule has 24 heavy (non-hydrogen) atoms. The molecule has 6 nitrogen and oxygen atoms in total. The van der Waals surface area contributed by atoms with E-state index < -0.39 is 11.5 Å². The van der Waals surface area contributed by atoms with Crippen LogP contribution in [0, 0.1) is 5.21 Å². The molecular weight excluding hydrogens is 330 g/mol. The fraction of sp³-hybridized carbons (Fsp3) is 0.118. The van der Waals surface area contributed by atoms with Crippen molar-refractivity contribution < 1.29 is 10.0 Å². The van der Waals surface area contributed by atoms with Crippen molar-refractivity contribution in [3.05, 3.63) is 65.5 Å². The number of fused-ring (bicyclic) bond motifs is 1. The van der Waals surface area contributed by atoms with Crippen molar-refractivity contribution in [2.75, 3.05) is 10.1 Å². The number of carbonyl (C=O) groups excluding carboxylic acids is 1. The van der Waals surface area contributed by atoms with E-state index >= 15 is 0 Å². The maximum atomic E-state index is 12.4. The van der Waals surface area contributed by atoms with E-state index in [4.69, 9.17) is 11.6 Å². The van der Waals surface area contributed by atoms with E-state index in [0.717, 1.165) is 16.5 Å². The lowest BCUT2D eigenvalue weighted by Gasteiger charge is -2.46. The quantitative estimate of drug-likeness (QED) is 0.432. The molecule has 2 atom stereocenters. The monoisotopic (exact) mass is 342 g/mol. The number of aromatic nitrogens is 1. The molecule has 7 heteroatoms. The van der Waals surface area contributed by atoms with E-state index in [9.17, 15) is 15.2 Å². The molecule has 0 amide bonds. The van der Waals surface area contributed by atoms with Crippen molar-refractivity contribution in [1.29, 1.82) is 0 Å². The number of benzene rings is 2. The van der Waals surface area contributed by atoms with Crippen LogP contribution in [0.15, 0.2) is 54.7 Å². The molecule has 2 N–H and O–H groups in total. The Bertz CT molecular complexity index is 924. The molecule has 2 unspecified atom stereocenters. The molecule has 2 aromatic carbocycles. The van der Waals surface area contributed by atoms with E-state index in [1.165, 1.54) is 6.07 Å². The summed E-state index contributed by atoms with van der Waals surface area (Å²) in [5, 5.41) is 21.5. The molecule has 0 spiro atoms. The van der Waals surface area contributed by atoms with E-state index in [-0.39, 0.29) is 16.7 Å². The van der Waals surface area contributed by atoms with E-state index in [2.05, 4.69) is 4.98 Å². The number of para-hydroxylation sites is 3. The summed E-state index contributed by atoms with van der Waals surface area (Å²) in [5.41, 5.74) is 1.27. The number of halogens is 1. The second-order valence-electron chi connectivity index (χ2n) is 5.60. The lowest BCUT2D eigenvalue weighted by atomic mass is 9.91. The summed E-state index contributed by atoms with van der Waals surface area (Å²) in [7, 11) is 0. The van der Waals surface area contributed by atoms with Gasteiger partial charge in [-0.05, 0) is 18.2 Å². The van der Waals surface area contributed by atoms with Gasteiger partial charge in [0.05, 0.1) is 11.4 Å². The topological polar surface area (TPSA) is 82.6 Å². The van der Waals surface area contributed by atoms with Crippen LogP contribution in [0.3, 0.4) is 0 Å².